The van der Waals surface area contributed by atoms with Crippen molar-refractivity contribution >= 4 is 12.0 Å². The zero-order chi connectivity index (χ0) is 16.4. The maximum atomic E-state index is 14.1. The van der Waals surface area contributed by atoms with Gasteiger partial charge < -0.3 is 4.90 Å². The first-order chi connectivity index (χ1) is 11.1. The second-order valence-corrected chi connectivity index (χ2v) is 5.24. The van der Waals surface area contributed by atoms with Gasteiger partial charge in [0.05, 0.1) is 5.69 Å². The number of aldehydes is 1. The van der Waals surface area contributed by atoms with Crippen molar-refractivity contribution in [1.29, 1.82) is 0 Å². The van der Waals surface area contributed by atoms with Gasteiger partial charge in [-0.15, -0.1) is 5.10 Å². The van der Waals surface area contributed by atoms with Gasteiger partial charge in [-0.05, 0) is 36.4 Å². The van der Waals surface area contributed by atoms with Gasteiger partial charge in [-0.1, -0.05) is 17.3 Å². The molecule has 6 heteroatoms. The van der Waals surface area contributed by atoms with Crippen LogP contribution in [0.2, 0.25) is 0 Å². The normalized spacial score (nSPS) is 10.6. The number of aromatic nitrogens is 3. The SMILES string of the molecule is CN(C)c1ccc(-n2nnc(C=O)c2-c2ccccc2F)cc1. The Kier molecular flexibility index (Phi) is 3.89. The molecule has 0 aliphatic carbocycles. The van der Waals surface area contributed by atoms with Gasteiger partial charge in [0.25, 0.3) is 0 Å². The third-order valence-corrected chi connectivity index (χ3v) is 3.55. The number of nitrogens with zero attached hydrogens (tertiary/aromatic N) is 4. The zero-order valence-corrected chi connectivity index (χ0v) is 12.8. The fraction of sp³-hybridized carbons (Fsp3) is 0.118. The fourth-order valence-electron chi connectivity index (χ4n) is 2.35. The molecule has 23 heavy (non-hydrogen) atoms. The Bertz CT molecular complexity index is 840. The molecule has 0 atom stereocenters. The molecule has 0 saturated heterocycles. The second kappa shape index (κ2) is 6.00. The summed E-state index contributed by atoms with van der Waals surface area (Å²) in [6, 6.07) is 13.8. The number of anilines is 1. The van der Waals surface area contributed by atoms with E-state index in [1.54, 1.807) is 18.2 Å². The van der Waals surface area contributed by atoms with E-state index < -0.39 is 5.82 Å². The van der Waals surface area contributed by atoms with Crippen LogP contribution in [0.4, 0.5) is 10.1 Å². The molecule has 1 aromatic heterocycles. The van der Waals surface area contributed by atoms with Gasteiger partial charge in [0, 0.05) is 25.3 Å². The Morgan fingerprint density at radius 1 is 1.09 bits per heavy atom. The first-order valence-electron chi connectivity index (χ1n) is 7.05. The van der Waals surface area contributed by atoms with Crippen LogP contribution in [0.15, 0.2) is 48.5 Å². The van der Waals surface area contributed by atoms with E-state index in [0.29, 0.717) is 17.7 Å². The summed E-state index contributed by atoms with van der Waals surface area (Å²) in [5, 5.41) is 7.86. The Morgan fingerprint density at radius 2 is 1.78 bits per heavy atom. The molecule has 116 valence electrons. The molecule has 0 aliphatic heterocycles. The van der Waals surface area contributed by atoms with E-state index in [1.807, 2.05) is 43.3 Å². The number of hydrogen-bond donors (Lipinski definition) is 0. The highest BCUT2D eigenvalue weighted by Gasteiger charge is 2.18. The van der Waals surface area contributed by atoms with Crippen molar-refractivity contribution in [3.8, 4) is 16.9 Å². The van der Waals surface area contributed by atoms with E-state index in [9.17, 15) is 9.18 Å². The molecule has 3 aromatic rings. The second-order valence-electron chi connectivity index (χ2n) is 5.24. The standard InChI is InChI=1S/C17H15FN4O/c1-21(2)12-7-9-13(10-8-12)22-17(16(11-23)19-20-22)14-5-3-4-6-15(14)18/h3-11H,1-2H3. The van der Waals surface area contributed by atoms with Crippen molar-refractivity contribution < 1.29 is 9.18 Å². The molecule has 2 aromatic carbocycles. The zero-order valence-electron chi connectivity index (χ0n) is 12.8. The topological polar surface area (TPSA) is 51.0 Å². The minimum absolute atomic E-state index is 0.104. The maximum absolute atomic E-state index is 14.1. The van der Waals surface area contributed by atoms with Crippen molar-refractivity contribution in [1.82, 2.24) is 15.0 Å². The average Bonchev–Trinajstić information content (AvgIpc) is 2.99. The molecule has 3 rings (SSSR count). The average molecular weight is 310 g/mol. The van der Waals surface area contributed by atoms with Gasteiger partial charge in [-0.3, -0.25) is 4.79 Å². The van der Waals surface area contributed by atoms with E-state index in [-0.39, 0.29) is 11.3 Å². The molecule has 0 radical (unpaired) electrons. The molecule has 0 spiro atoms. The molecule has 1 heterocycles. The van der Waals surface area contributed by atoms with Crippen molar-refractivity contribution in [3.05, 3.63) is 60.0 Å². The third-order valence-electron chi connectivity index (χ3n) is 3.55. The van der Waals surface area contributed by atoms with Gasteiger partial charge in [0.1, 0.15) is 11.5 Å². The summed E-state index contributed by atoms with van der Waals surface area (Å²) in [4.78, 5) is 13.2. The van der Waals surface area contributed by atoms with E-state index >= 15 is 0 Å². The van der Waals surface area contributed by atoms with Crippen LogP contribution in [0, 0.1) is 5.82 Å². The molecule has 0 unspecified atom stereocenters. The number of carbonyl (C=O) groups is 1. The van der Waals surface area contributed by atoms with Crippen molar-refractivity contribution in [2.24, 2.45) is 0 Å². The molecule has 0 saturated carbocycles. The van der Waals surface area contributed by atoms with Crippen molar-refractivity contribution in [3.63, 3.8) is 0 Å². The Hall–Kier alpha value is -3.02. The summed E-state index contributed by atoms with van der Waals surface area (Å²) in [6.07, 6.45) is 0.583. The quantitative estimate of drug-likeness (QED) is 0.695. The van der Waals surface area contributed by atoms with Gasteiger partial charge >= 0.3 is 0 Å². The first-order valence-corrected chi connectivity index (χ1v) is 7.05. The van der Waals surface area contributed by atoms with Gasteiger partial charge in [-0.25, -0.2) is 9.07 Å². The van der Waals surface area contributed by atoms with Crippen molar-refractivity contribution in [2.75, 3.05) is 19.0 Å². The predicted molar refractivity (Wildman–Crippen MR) is 86.5 cm³/mol. The van der Waals surface area contributed by atoms with E-state index in [4.69, 9.17) is 0 Å². The van der Waals surface area contributed by atoms with Crippen LogP contribution in [-0.2, 0) is 0 Å². The summed E-state index contributed by atoms with van der Waals surface area (Å²) in [7, 11) is 3.89. The molecule has 0 bridgehead atoms. The lowest BCUT2D eigenvalue weighted by Crippen LogP contribution is -2.08. The number of benzene rings is 2. The smallest absolute Gasteiger partial charge is 0.172 e. The highest BCUT2D eigenvalue weighted by atomic mass is 19.1. The summed E-state index contributed by atoms with van der Waals surface area (Å²) >= 11 is 0. The molecule has 5 nitrogen and oxygen atoms in total. The maximum Gasteiger partial charge on any atom is 0.172 e. The summed E-state index contributed by atoms with van der Waals surface area (Å²) < 4.78 is 15.6. The number of halogens is 1. The van der Waals surface area contributed by atoms with E-state index in [1.165, 1.54) is 10.7 Å². The van der Waals surface area contributed by atoms with Crippen LogP contribution in [0.1, 0.15) is 10.5 Å². The lowest BCUT2D eigenvalue weighted by atomic mass is 10.1. The molecule has 0 N–H and O–H groups in total. The van der Waals surface area contributed by atoms with Crippen LogP contribution in [-0.4, -0.2) is 35.4 Å². The Balaban J connectivity index is 2.16. The van der Waals surface area contributed by atoms with E-state index in [0.717, 1.165) is 5.69 Å². The lowest BCUT2D eigenvalue weighted by Gasteiger charge is -2.13. The first kappa shape index (κ1) is 14.9. The third kappa shape index (κ3) is 2.70. The van der Waals surface area contributed by atoms with Crippen molar-refractivity contribution in [2.45, 2.75) is 0 Å². The highest BCUT2D eigenvalue weighted by Crippen LogP contribution is 2.27. The minimum Gasteiger partial charge on any atom is -0.378 e. The minimum atomic E-state index is -0.427. The predicted octanol–water partition coefficient (Wildman–Crippen LogP) is 2.95. The lowest BCUT2D eigenvalue weighted by molar-refractivity contribution is 0.111. The summed E-state index contributed by atoms with van der Waals surface area (Å²) in [6.45, 7) is 0. The number of hydrogen-bond acceptors (Lipinski definition) is 4. The molecular formula is C17H15FN4O. The number of rotatable bonds is 4. The van der Waals surface area contributed by atoms with Gasteiger partial charge in [0.15, 0.2) is 12.0 Å². The van der Waals surface area contributed by atoms with Crippen LogP contribution in [0.5, 0.6) is 0 Å². The Labute approximate surface area is 133 Å². The molecular weight excluding hydrogens is 295 g/mol. The monoisotopic (exact) mass is 310 g/mol. The van der Waals surface area contributed by atoms with Gasteiger partial charge in [0.2, 0.25) is 0 Å². The van der Waals surface area contributed by atoms with Crippen LogP contribution < -0.4 is 4.90 Å². The van der Waals surface area contributed by atoms with Crippen LogP contribution >= 0.6 is 0 Å². The van der Waals surface area contributed by atoms with Crippen LogP contribution in [0.25, 0.3) is 16.9 Å². The Morgan fingerprint density at radius 3 is 2.39 bits per heavy atom. The van der Waals surface area contributed by atoms with Gasteiger partial charge in [-0.2, -0.15) is 0 Å². The van der Waals surface area contributed by atoms with E-state index in [2.05, 4.69) is 10.3 Å². The molecule has 0 aliphatic rings. The molecule has 0 amide bonds. The fourth-order valence-corrected chi connectivity index (χ4v) is 2.35. The summed E-state index contributed by atoms with van der Waals surface area (Å²) in [5.74, 6) is -0.427. The van der Waals surface area contributed by atoms with Crippen LogP contribution in [0.3, 0.4) is 0 Å². The number of carbonyl (C=O) groups excluding carboxylic acids is 1. The molecule has 0 fully saturated rings. The summed E-state index contributed by atoms with van der Waals surface area (Å²) in [5.41, 5.74) is 2.46. The largest absolute Gasteiger partial charge is 0.378 e. The highest BCUT2D eigenvalue weighted by molar-refractivity contribution is 5.84.